The van der Waals surface area contributed by atoms with E-state index in [4.69, 9.17) is 25.9 Å². The quantitative estimate of drug-likeness (QED) is 0.504. The van der Waals surface area contributed by atoms with E-state index in [9.17, 15) is 14.9 Å². The van der Waals surface area contributed by atoms with Crippen molar-refractivity contribution in [3.63, 3.8) is 0 Å². The van der Waals surface area contributed by atoms with Gasteiger partial charge in [-0.1, -0.05) is 17.7 Å². The zero-order valence-corrected chi connectivity index (χ0v) is 13.8. The molecule has 132 valence electrons. The lowest BCUT2D eigenvalue weighted by molar-refractivity contribution is -0.384. The molecule has 0 atom stereocenters. The number of halogens is 1. The average Bonchev–Trinajstić information content (AvgIpc) is 2.97. The molecule has 0 radical (unpaired) electrons. The molecule has 0 aliphatic rings. The minimum Gasteiger partial charge on any atom is -0.481 e. The first kappa shape index (κ1) is 17.4. The van der Waals surface area contributed by atoms with Crippen LogP contribution in [0, 0.1) is 10.1 Å². The zero-order chi connectivity index (χ0) is 18.7. The summed E-state index contributed by atoms with van der Waals surface area (Å²) >= 11 is 5.84. The average molecular weight is 375 g/mol. The highest BCUT2D eigenvalue weighted by atomic mass is 35.5. The minimum absolute atomic E-state index is 0.0638. The summed E-state index contributed by atoms with van der Waals surface area (Å²) in [6.07, 6.45) is -0.429. The monoisotopic (exact) mass is 374 g/mol. The van der Waals surface area contributed by atoms with Gasteiger partial charge >= 0.3 is 11.9 Å². The summed E-state index contributed by atoms with van der Waals surface area (Å²) in [7, 11) is 0. The fourth-order valence-corrected chi connectivity index (χ4v) is 2.28. The van der Waals surface area contributed by atoms with Crippen LogP contribution in [0.5, 0.6) is 11.7 Å². The number of carboxylic acids is 1. The number of aromatic nitrogens is 1. The highest BCUT2D eigenvalue weighted by Crippen LogP contribution is 2.33. The number of hydrogen-bond acceptors (Lipinski definition) is 6. The topological polar surface area (TPSA) is 116 Å². The Bertz CT molecular complexity index is 968. The second-order valence-corrected chi connectivity index (χ2v) is 5.62. The molecule has 0 fully saturated rings. The summed E-state index contributed by atoms with van der Waals surface area (Å²) in [6.45, 7) is 0. The molecular weight excluding hydrogens is 364 g/mol. The van der Waals surface area contributed by atoms with Gasteiger partial charge in [-0.25, -0.2) is 4.98 Å². The third-order valence-corrected chi connectivity index (χ3v) is 3.56. The Kier molecular flexibility index (Phi) is 4.85. The summed E-state index contributed by atoms with van der Waals surface area (Å²) < 4.78 is 11.0. The van der Waals surface area contributed by atoms with Crippen LogP contribution in [0.25, 0.3) is 11.5 Å². The van der Waals surface area contributed by atoms with Crippen molar-refractivity contribution in [2.45, 2.75) is 6.42 Å². The second-order valence-electron chi connectivity index (χ2n) is 5.19. The maximum absolute atomic E-state index is 11.1. The largest absolute Gasteiger partial charge is 0.481 e. The highest BCUT2D eigenvalue weighted by molar-refractivity contribution is 6.30. The van der Waals surface area contributed by atoms with Crippen LogP contribution in [0.15, 0.2) is 52.9 Å². The molecule has 0 bridgehead atoms. The maximum atomic E-state index is 11.1. The van der Waals surface area contributed by atoms with E-state index in [1.807, 2.05) is 0 Å². The lowest BCUT2D eigenvalue weighted by atomic mass is 10.2. The van der Waals surface area contributed by atoms with Crippen LogP contribution >= 0.6 is 11.6 Å². The summed E-state index contributed by atoms with van der Waals surface area (Å²) in [4.78, 5) is 25.5. The molecule has 0 unspecified atom stereocenters. The first-order valence-electron chi connectivity index (χ1n) is 7.32. The number of nitrogens with zero attached hydrogens (tertiary/aromatic N) is 2. The van der Waals surface area contributed by atoms with Crippen molar-refractivity contribution in [3.05, 3.63) is 69.4 Å². The van der Waals surface area contributed by atoms with Crippen LogP contribution < -0.4 is 4.74 Å². The summed E-state index contributed by atoms with van der Waals surface area (Å²) in [5.74, 6) is -0.981. The van der Waals surface area contributed by atoms with E-state index < -0.39 is 17.3 Å². The van der Waals surface area contributed by atoms with E-state index >= 15 is 0 Å². The van der Waals surface area contributed by atoms with Crippen molar-refractivity contribution in [1.29, 1.82) is 0 Å². The molecule has 0 spiro atoms. The standard InChI is InChI=1S/C17H11ClN2O6/c18-11-6-4-10(5-7-11)16-19-14(9-15(21)22)17(26-16)25-13-3-1-2-12(8-13)20(23)24/h1-8H,9H2,(H,21,22). The molecule has 26 heavy (non-hydrogen) atoms. The van der Waals surface area contributed by atoms with Crippen LogP contribution in [0.4, 0.5) is 5.69 Å². The predicted molar refractivity (Wildman–Crippen MR) is 91.5 cm³/mol. The molecule has 0 aliphatic heterocycles. The number of oxazole rings is 1. The number of rotatable bonds is 6. The number of hydrogen-bond donors (Lipinski definition) is 1. The van der Waals surface area contributed by atoms with Crippen LogP contribution in [-0.4, -0.2) is 21.0 Å². The molecule has 3 rings (SSSR count). The fraction of sp³-hybridized carbons (Fsp3) is 0.0588. The number of nitro groups is 1. The second kappa shape index (κ2) is 7.24. The molecular formula is C17H11ClN2O6. The van der Waals surface area contributed by atoms with Gasteiger partial charge in [-0.2, -0.15) is 0 Å². The summed E-state index contributed by atoms with van der Waals surface area (Å²) in [5.41, 5.74) is 0.476. The van der Waals surface area contributed by atoms with Crippen molar-refractivity contribution >= 4 is 23.3 Å². The van der Waals surface area contributed by atoms with Gasteiger partial charge in [0.2, 0.25) is 5.89 Å². The van der Waals surface area contributed by atoms with Crippen molar-refractivity contribution in [2.24, 2.45) is 0 Å². The molecule has 0 saturated heterocycles. The maximum Gasteiger partial charge on any atom is 0.315 e. The Hall–Kier alpha value is -3.39. The van der Waals surface area contributed by atoms with Crippen LogP contribution in [0.1, 0.15) is 5.69 Å². The molecule has 1 heterocycles. The van der Waals surface area contributed by atoms with Gasteiger partial charge in [-0.3, -0.25) is 14.9 Å². The first-order chi connectivity index (χ1) is 12.4. The van der Waals surface area contributed by atoms with Crippen LogP contribution in [-0.2, 0) is 11.2 Å². The molecule has 1 N–H and O–H groups in total. The number of ether oxygens (including phenoxy) is 1. The van der Waals surface area contributed by atoms with Crippen LogP contribution in [0.2, 0.25) is 5.02 Å². The smallest absolute Gasteiger partial charge is 0.315 e. The molecule has 8 nitrogen and oxygen atoms in total. The Morgan fingerprint density at radius 3 is 2.65 bits per heavy atom. The molecule has 3 aromatic rings. The van der Waals surface area contributed by atoms with Crippen molar-refractivity contribution in [1.82, 2.24) is 4.98 Å². The minimum atomic E-state index is -1.12. The number of carboxylic acid groups (broad SMARTS) is 1. The van der Waals surface area contributed by atoms with Crippen molar-refractivity contribution in [3.8, 4) is 23.1 Å². The van der Waals surface area contributed by atoms with Crippen LogP contribution in [0.3, 0.4) is 0 Å². The fourth-order valence-electron chi connectivity index (χ4n) is 2.16. The lowest BCUT2D eigenvalue weighted by Crippen LogP contribution is -2.02. The van der Waals surface area contributed by atoms with Gasteiger partial charge in [-0.15, -0.1) is 0 Å². The Labute approximate surface area is 151 Å². The predicted octanol–water partition coefficient (Wildman–Crippen LogP) is 4.32. The van der Waals surface area contributed by atoms with Gasteiger partial charge in [0.25, 0.3) is 5.69 Å². The molecule has 0 aliphatic carbocycles. The molecule has 0 amide bonds. The van der Waals surface area contributed by atoms with E-state index in [0.717, 1.165) is 0 Å². The normalized spacial score (nSPS) is 10.5. The third-order valence-electron chi connectivity index (χ3n) is 3.31. The van der Waals surface area contributed by atoms with Crippen molar-refractivity contribution < 1.29 is 24.0 Å². The van der Waals surface area contributed by atoms with Gasteiger partial charge in [0, 0.05) is 16.7 Å². The molecule has 0 saturated carbocycles. The van der Waals surface area contributed by atoms with Gasteiger partial charge in [0.05, 0.1) is 17.4 Å². The molecule has 2 aromatic carbocycles. The van der Waals surface area contributed by atoms with E-state index in [0.29, 0.717) is 10.6 Å². The van der Waals surface area contributed by atoms with Gasteiger partial charge < -0.3 is 14.3 Å². The van der Waals surface area contributed by atoms with E-state index in [1.165, 1.54) is 24.3 Å². The Balaban J connectivity index is 1.96. The number of non-ortho nitro benzene ring substituents is 1. The lowest BCUT2D eigenvalue weighted by Gasteiger charge is -2.03. The van der Waals surface area contributed by atoms with Gasteiger partial charge in [-0.05, 0) is 30.3 Å². The SMILES string of the molecule is O=C(O)Cc1nc(-c2ccc(Cl)cc2)oc1Oc1cccc([N+](=O)[O-])c1. The summed E-state index contributed by atoms with van der Waals surface area (Å²) in [6, 6.07) is 12.0. The van der Waals surface area contributed by atoms with E-state index in [-0.39, 0.29) is 29.0 Å². The van der Waals surface area contributed by atoms with Gasteiger partial charge in [0.1, 0.15) is 11.4 Å². The Morgan fingerprint density at radius 1 is 1.27 bits per heavy atom. The number of carbonyl (C=O) groups is 1. The first-order valence-corrected chi connectivity index (χ1v) is 7.70. The van der Waals surface area contributed by atoms with Crippen molar-refractivity contribution in [2.75, 3.05) is 0 Å². The highest BCUT2D eigenvalue weighted by Gasteiger charge is 2.20. The number of benzene rings is 2. The van der Waals surface area contributed by atoms with E-state index in [2.05, 4.69) is 4.98 Å². The van der Waals surface area contributed by atoms with Gasteiger partial charge in [0.15, 0.2) is 0 Å². The molecule has 9 heteroatoms. The van der Waals surface area contributed by atoms with E-state index in [1.54, 1.807) is 24.3 Å². The summed E-state index contributed by atoms with van der Waals surface area (Å²) in [5, 5.41) is 20.4. The number of aliphatic carboxylic acids is 1. The zero-order valence-electron chi connectivity index (χ0n) is 13.1. The third kappa shape index (κ3) is 3.98. The number of nitro benzene ring substituents is 1. The Morgan fingerprint density at radius 2 is 2.00 bits per heavy atom. The molecule has 1 aromatic heterocycles.